The number of nitrogens with zero attached hydrogens (tertiary/aromatic N) is 1. The van der Waals surface area contributed by atoms with Gasteiger partial charge in [0.25, 0.3) is 0 Å². The maximum atomic E-state index is 10.9. The zero-order valence-corrected chi connectivity index (χ0v) is 11.2. The lowest BCUT2D eigenvalue weighted by Gasteiger charge is -2.25. The first-order valence-electron chi connectivity index (χ1n) is 5.97. The van der Waals surface area contributed by atoms with Crippen molar-refractivity contribution in [2.24, 2.45) is 11.3 Å². The van der Waals surface area contributed by atoms with Crippen molar-refractivity contribution < 1.29 is 14.3 Å². The predicted octanol–water partition coefficient (Wildman–Crippen LogP) is 3.16. The summed E-state index contributed by atoms with van der Waals surface area (Å²) in [5, 5.41) is 8.97. The maximum absolute atomic E-state index is 10.9. The van der Waals surface area contributed by atoms with Gasteiger partial charge in [-0.15, -0.1) is 0 Å². The highest BCUT2D eigenvalue weighted by molar-refractivity contribution is 5.85. The number of oxazole rings is 1. The van der Waals surface area contributed by atoms with Gasteiger partial charge < -0.3 is 9.52 Å². The number of aromatic carboxylic acids is 1. The van der Waals surface area contributed by atoms with Gasteiger partial charge in [-0.1, -0.05) is 34.6 Å². The molecule has 4 nitrogen and oxygen atoms in total. The average molecular weight is 239 g/mol. The van der Waals surface area contributed by atoms with Crippen LogP contribution in [0.4, 0.5) is 0 Å². The molecule has 96 valence electrons. The van der Waals surface area contributed by atoms with Crippen LogP contribution < -0.4 is 0 Å². The van der Waals surface area contributed by atoms with Gasteiger partial charge in [-0.3, -0.25) is 0 Å². The zero-order valence-electron chi connectivity index (χ0n) is 11.2. The van der Waals surface area contributed by atoms with E-state index in [2.05, 4.69) is 32.7 Å². The zero-order chi connectivity index (χ0) is 13.2. The number of hydrogen-bond acceptors (Lipinski definition) is 3. The molecule has 0 aromatic carbocycles. The number of carboxylic acids is 1. The molecule has 0 aliphatic rings. The Hall–Kier alpha value is -1.32. The molecule has 4 heteroatoms. The smallest absolute Gasteiger partial charge is 0.373 e. The largest absolute Gasteiger partial charge is 0.475 e. The number of hydrogen-bond donors (Lipinski definition) is 1. The lowest BCUT2D eigenvalue weighted by molar-refractivity contribution is 0.0658. The van der Waals surface area contributed by atoms with Crippen molar-refractivity contribution in [3.8, 4) is 0 Å². The van der Waals surface area contributed by atoms with E-state index in [1.807, 2.05) is 6.92 Å². The van der Waals surface area contributed by atoms with Crippen LogP contribution in [0.1, 0.15) is 56.8 Å². The summed E-state index contributed by atoms with van der Waals surface area (Å²) >= 11 is 0. The summed E-state index contributed by atoms with van der Waals surface area (Å²) in [5.41, 5.74) is 0.693. The molecule has 0 bridgehead atoms. The SMILES string of the molecule is CCc1nc(CC(C)C(C)(C)C)oc1C(=O)O. The fourth-order valence-corrected chi connectivity index (χ4v) is 1.46. The van der Waals surface area contributed by atoms with Gasteiger partial charge in [0.15, 0.2) is 5.89 Å². The third-order valence-corrected chi connectivity index (χ3v) is 3.23. The summed E-state index contributed by atoms with van der Waals surface area (Å²) in [7, 11) is 0. The average Bonchev–Trinajstić information content (AvgIpc) is 2.59. The van der Waals surface area contributed by atoms with E-state index in [0.717, 1.165) is 0 Å². The van der Waals surface area contributed by atoms with Crippen LogP contribution in [0.15, 0.2) is 4.42 Å². The number of aromatic nitrogens is 1. The summed E-state index contributed by atoms with van der Waals surface area (Å²) < 4.78 is 5.32. The molecule has 17 heavy (non-hydrogen) atoms. The Morgan fingerprint density at radius 1 is 1.47 bits per heavy atom. The van der Waals surface area contributed by atoms with E-state index >= 15 is 0 Å². The maximum Gasteiger partial charge on any atom is 0.373 e. The third-order valence-electron chi connectivity index (χ3n) is 3.23. The molecule has 0 spiro atoms. The normalized spacial score (nSPS) is 13.7. The first-order chi connectivity index (χ1) is 7.75. The van der Waals surface area contributed by atoms with Crippen LogP contribution >= 0.6 is 0 Å². The Labute approximate surface area is 102 Å². The van der Waals surface area contributed by atoms with Crippen molar-refractivity contribution in [3.63, 3.8) is 0 Å². The molecular weight excluding hydrogens is 218 g/mol. The number of carboxylic acid groups (broad SMARTS) is 1. The highest BCUT2D eigenvalue weighted by atomic mass is 16.4. The first kappa shape index (κ1) is 13.7. The summed E-state index contributed by atoms with van der Waals surface area (Å²) in [4.78, 5) is 15.2. The van der Waals surface area contributed by atoms with Crippen LogP contribution in [0.2, 0.25) is 0 Å². The van der Waals surface area contributed by atoms with Gasteiger partial charge in [-0.25, -0.2) is 9.78 Å². The van der Waals surface area contributed by atoms with E-state index in [1.54, 1.807) is 0 Å². The molecule has 1 unspecified atom stereocenters. The van der Waals surface area contributed by atoms with Crippen molar-refractivity contribution in [3.05, 3.63) is 17.3 Å². The van der Waals surface area contributed by atoms with Crippen LogP contribution in [-0.4, -0.2) is 16.1 Å². The molecule has 0 fully saturated rings. The molecule has 0 aliphatic heterocycles. The van der Waals surface area contributed by atoms with Crippen molar-refractivity contribution in [2.45, 2.75) is 47.5 Å². The Kier molecular flexibility index (Phi) is 3.96. The molecule has 1 aromatic heterocycles. The van der Waals surface area contributed by atoms with Crippen molar-refractivity contribution in [1.29, 1.82) is 0 Å². The fraction of sp³-hybridized carbons (Fsp3) is 0.692. The van der Waals surface area contributed by atoms with Gasteiger partial charge >= 0.3 is 5.97 Å². The van der Waals surface area contributed by atoms with Gasteiger partial charge in [0.2, 0.25) is 5.76 Å². The quantitative estimate of drug-likeness (QED) is 0.876. The van der Waals surface area contributed by atoms with Gasteiger partial charge in [0, 0.05) is 6.42 Å². The van der Waals surface area contributed by atoms with Gasteiger partial charge in [-0.05, 0) is 17.8 Å². The highest BCUT2D eigenvalue weighted by Crippen LogP contribution is 2.28. The van der Waals surface area contributed by atoms with Gasteiger partial charge in [0.05, 0.1) is 5.69 Å². The van der Waals surface area contributed by atoms with Crippen molar-refractivity contribution >= 4 is 5.97 Å². The molecule has 1 rings (SSSR count). The van der Waals surface area contributed by atoms with Crippen molar-refractivity contribution in [1.82, 2.24) is 4.98 Å². The Bertz CT molecular complexity index is 401. The monoisotopic (exact) mass is 239 g/mol. The number of rotatable bonds is 4. The summed E-state index contributed by atoms with van der Waals surface area (Å²) in [6, 6.07) is 0. The van der Waals surface area contributed by atoms with Crippen LogP contribution in [0.5, 0.6) is 0 Å². The van der Waals surface area contributed by atoms with Crippen LogP contribution in [0.3, 0.4) is 0 Å². The second-order valence-corrected chi connectivity index (χ2v) is 5.51. The second kappa shape index (κ2) is 4.90. The Morgan fingerprint density at radius 3 is 2.41 bits per heavy atom. The third kappa shape index (κ3) is 3.32. The first-order valence-corrected chi connectivity index (χ1v) is 5.97. The minimum absolute atomic E-state index is 0.0105. The van der Waals surface area contributed by atoms with Crippen LogP contribution in [-0.2, 0) is 12.8 Å². The van der Waals surface area contributed by atoms with Crippen LogP contribution in [0, 0.1) is 11.3 Å². The molecule has 0 saturated heterocycles. The molecule has 0 saturated carbocycles. The number of carbonyl (C=O) groups is 1. The summed E-state index contributed by atoms with van der Waals surface area (Å²) in [6.45, 7) is 10.5. The Balaban J connectivity index is 2.90. The predicted molar refractivity (Wildman–Crippen MR) is 65.2 cm³/mol. The van der Waals surface area contributed by atoms with Crippen LogP contribution in [0.25, 0.3) is 0 Å². The lowest BCUT2D eigenvalue weighted by Crippen LogP contribution is -2.19. The molecule has 0 aliphatic carbocycles. The number of aryl methyl sites for hydroxylation is 1. The lowest BCUT2D eigenvalue weighted by atomic mass is 9.80. The highest BCUT2D eigenvalue weighted by Gasteiger charge is 2.24. The molecule has 1 atom stereocenters. The van der Waals surface area contributed by atoms with Crippen molar-refractivity contribution in [2.75, 3.05) is 0 Å². The van der Waals surface area contributed by atoms with E-state index in [-0.39, 0.29) is 11.2 Å². The van der Waals surface area contributed by atoms with E-state index in [9.17, 15) is 4.79 Å². The van der Waals surface area contributed by atoms with E-state index in [4.69, 9.17) is 9.52 Å². The second-order valence-electron chi connectivity index (χ2n) is 5.51. The van der Waals surface area contributed by atoms with E-state index in [0.29, 0.717) is 30.3 Å². The molecule has 1 heterocycles. The molecule has 1 N–H and O–H groups in total. The molecular formula is C13H21NO3. The standard InChI is InChI=1S/C13H21NO3/c1-6-9-11(12(15)16)17-10(14-9)7-8(2)13(3,4)5/h8H,6-7H2,1-5H3,(H,15,16). The van der Waals surface area contributed by atoms with E-state index < -0.39 is 5.97 Å². The minimum atomic E-state index is -1.04. The molecule has 0 amide bonds. The molecule has 1 aromatic rings. The fourth-order valence-electron chi connectivity index (χ4n) is 1.46. The van der Waals surface area contributed by atoms with Gasteiger partial charge in [-0.2, -0.15) is 0 Å². The summed E-state index contributed by atoms with van der Waals surface area (Å²) in [5.74, 6) is -0.137. The van der Waals surface area contributed by atoms with Gasteiger partial charge in [0.1, 0.15) is 0 Å². The molecule has 0 radical (unpaired) electrons. The van der Waals surface area contributed by atoms with E-state index in [1.165, 1.54) is 0 Å². The Morgan fingerprint density at radius 2 is 2.06 bits per heavy atom. The summed E-state index contributed by atoms with van der Waals surface area (Å²) in [6.07, 6.45) is 1.25. The minimum Gasteiger partial charge on any atom is -0.475 e. The topological polar surface area (TPSA) is 63.3 Å².